The molecule has 2 fully saturated rings. The van der Waals surface area contributed by atoms with Crippen LogP contribution in [0.25, 0.3) is 0 Å². The molecule has 0 bridgehead atoms. The predicted molar refractivity (Wildman–Crippen MR) is 67.5 cm³/mol. The van der Waals surface area contributed by atoms with Gasteiger partial charge in [0, 0.05) is 12.0 Å². The number of nitrogens with two attached hydrogens (primary N) is 1. The van der Waals surface area contributed by atoms with Crippen LogP contribution in [0.1, 0.15) is 39.0 Å². The smallest absolute Gasteiger partial charge is 0.223 e. The number of rotatable bonds is 3. The first-order valence-electron chi connectivity index (χ1n) is 6.21. The molecule has 4 heteroatoms. The van der Waals surface area contributed by atoms with Gasteiger partial charge in [-0.1, -0.05) is 13.3 Å². The number of halogens is 1. The summed E-state index contributed by atoms with van der Waals surface area (Å²) >= 11 is 0. The summed E-state index contributed by atoms with van der Waals surface area (Å²) < 4.78 is 0. The van der Waals surface area contributed by atoms with Crippen LogP contribution in [-0.4, -0.2) is 18.5 Å². The van der Waals surface area contributed by atoms with Gasteiger partial charge < -0.3 is 11.1 Å². The summed E-state index contributed by atoms with van der Waals surface area (Å²) in [6, 6.07) is 0.450. The van der Waals surface area contributed by atoms with Crippen molar-refractivity contribution in [3.63, 3.8) is 0 Å². The Balaban J connectivity index is 0.00000128. The van der Waals surface area contributed by atoms with Crippen LogP contribution >= 0.6 is 12.4 Å². The Bertz CT molecular complexity index is 241. The molecule has 2 rings (SSSR count). The van der Waals surface area contributed by atoms with Gasteiger partial charge >= 0.3 is 0 Å². The average molecular weight is 247 g/mol. The van der Waals surface area contributed by atoms with Crippen LogP contribution in [0.5, 0.6) is 0 Å². The molecule has 2 saturated carbocycles. The third-order valence-corrected chi connectivity index (χ3v) is 4.02. The fraction of sp³-hybridized carbons (Fsp3) is 0.917. The number of carbonyl (C=O) groups excluding carboxylic acids is 1. The quantitative estimate of drug-likeness (QED) is 0.797. The largest absolute Gasteiger partial charge is 0.353 e. The standard InChI is InChI=1S/C12H22N2O.ClH/c1-8-5-10(6-8)14-12(15)11-4-2-3-9(11)7-13;/h8-11H,2-7,13H2,1H3,(H,14,15);1H/t8?,9-,10?,11-;/m1./s1. The maximum absolute atomic E-state index is 12.0. The Morgan fingerprint density at radius 3 is 2.62 bits per heavy atom. The second kappa shape index (κ2) is 5.87. The molecule has 3 N–H and O–H groups in total. The zero-order chi connectivity index (χ0) is 10.8. The van der Waals surface area contributed by atoms with E-state index in [1.165, 1.54) is 6.42 Å². The zero-order valence-electron chi connectivity index (χ0n) is 9.95. The average Bonchev–Trinajstić information content (AvgIpc) is 2.62. The second-order valence-electron chi connectivity index (χ2n) is 5.32. The molecule has 0 spiro atoms. The van der Waals surface area contributed by atoms with Crippen molar-refractivity contribution in [2.24, 2.45) is 23.5 Å². The number of hydrogen-bond acceptors (Lipinski definition) is 2. The summed E-state index contributed by atoms with van der Waals surface area (Å²) in [5.41, 5.74) is 5.68. The van der Waals surface area contributed by atoms with Gasteiger partial charge in [0.1, 0.15) is 0 Å². The SMILES string of the molecule is CC1CC(NC(=O)[C@@H]2CCC[C@@H]2CN)C1.Cl. The van der Waals surface area contributed by atoms with E-state index in [9.17, 15) is 4.79 Å². The maximum atomic E-state index is 12.0. The topological polar surface area (TPSA) is 55.1 Å². The van der Waals surface area contributed by atoms with Gasteiger partial charge in [-0.15, -0.1) is 12.4 Å². The number of nitrogens with one attached hydrogen (secondary N) is 1. The van der Waals surface area contributed by atoms with Crippen LogP contribution < -0.4 is 11.1 Å². The molecule has 0 radical (unpaired) electrons. The molecule has 2 aliphatic carbocycles. The molecule has 3 nitrogen and oxygen atoms in total. The second-order valence-corrected chi connectivity index (χ2v) is 5.32. The molecule has 0 heterocycles. The van der Waals surface area contributed by atoms with Gasteiger partial charge in [0.05, 0.1) is 0 Å². The van der Waals surface area contributed by atoms with Crippen LogP contribution in [0.4, 0.5) is 0 Å². The maximum Gasteiger partial charge on any atom is 0.223 e. The lowest BCUT2D eigenvalue weighted by molar-refractivity contribution is -0.127. The summed E-state index contributed by atoms with van der Waals surface area (Å²) in [5.74, 6) is 1.69. The van der Waals surface area contributed by atoms with Crippen molar-refractivity contribution in [2.45, 2.75) is 45.1 Å². The van der Waals surface area contributed by atoms with E-state index in [1.807, 2.05) is 0 Å². The van der Waals surface area contributed by atoms with Crippen molar-refractivity contribution < 1.29 is 4.79 Å². The molecule has 0 unspecified atom stereocenters. The van der Waals surface area contributed by atoms with Crippen LogP contribution in [0.3, 0.4) is 0 Å². The van der Waals surface area contributed by atoms with Crippen LogP contribution in [0, 0.1) is 17.8 Å². The van der Waals surface area contributed by atoms with Gasteiger partial charge in [-0.25, -0.2) is 0 Å². The Labute approximate surface area is 104 Å². The third-order valence-electron chi connectivity index (χ3n) is 4.02. The van der Waals surface area contributed by atoms with Crippen molar-refractivity contribution in [2.75, 3.05) is 6.54 Å². The molecule has 0 aromatic rings. The Kier molecular flexibility index (Phi) is 5.06. The van der Waals surface area contributed by atoms with E-state index in [4.69, 9.17) is 5.73 Å². The van der Waals surface area contributed by atoms with Crippen LogP contribution in [0.15, 0.2) is 0 Å². The van der Waals surface area contributed by atoms with E-state index in [2.05, 4.69) is 12.2 Å². The molecule has 0 aliphatic heterocycles. The number of carbonyl (C=O) groups is 1. The first-order chi connectivity index (χ1) is 7.20. The number of hydrogen-bond donors (Lipinski definition) is 2. The fourth-order valence-corrected chi connectivity index (χ4v) is 2.99. The zero-order valence-corrected chi connectivity index (χ0v) is 10.8. The van der Waals surface area contributed by atoms with Gasteiger partial charge in [-0.3, -0.25) is 4.79 Å². The summed E-state index contributed by atoms with van der Waals surface area (Å²) in [7, 11) is 0. The van der Waals surface area contributed by atoms with Crippen LogP contribution in [-0.2, 0) is 4.79 Å². The predicted octanol–water partition coefficient (Wildman–Crippen LogP) is 1.70. The minimum atomic E-state index is 0. The van der Waals surface area contributed by atoms with Crippen molar-refractivity contribution >= 4 is 18.3 Å². The lowest BCUT2D eigenvalue weighted by Crippen LogP contribution is -2.46. The summed E-state index contributed by atoms with van der Waals surface area (Å²) in [5, 5.41) is 3.16. The van der Waals surface area contributed by atoms with E-state index in [0.717, 1.165) is 31.6 Å². The molecule has 0 aromatic carbocycles. The molecule has 0 saturated heterocycles. The van der Waals surface area contributed by atoms with Gasteiger partial charge in [0.15, 0.2) is 0 Å². The molecular formula is C12H23ClN2O. The minimum absolute atomic E-state index is 0. The third kappa shape index (κ3) is 2.89. The lowest BCUT2D eigenvalue weighted by atomic mass is 9.81. The molecule has 0 aromatic heterocycles. The van der Waals surface area contributed by atoms with Gasteiger partial charge in [0.25, 0.3) is 0 Å². The highest BCUT2D eigenvalue weighted by atomic mass is 35.5. The number of amides is 1. The van der Waals surface area contributed by atoms with Crippen molar-refractivity contribution in [3.05, 3.63) is 0 Å². The normalized spacial score (nSPS) is 37.4. The lowest BCUT2D eigenvalue weighted by Gasteiger charge is -2.34. The van der Waals surface area contributed by atoms with Crippen molar-refractivity contribution in [1.29, 1.82) is 0 Å². The van der Waals surface area contributed by atoms with E-state index in [0.29, 0.717) is 18.5 Å². The highest BCUT2D eigenvalue weighted by molar-refractivity contribution is 5.85. The van der Waals surface area contributed by atoms with Crippen LogP contribution in [0.2, 0.25) is 0 Å². The Morgan fingerprint density at radius 1 is 1.38 bits per heavy atom. The molecule has 1 amide bonds. The van der Waals surface area contributed by atoms with Gasteiger partial charge in [0.2, 0.25) is 5.91 Å². The van der Waals surface area contributed by atoms with E-state index < -0.39 is 0 Å². The van der Waals surface area contributed by atoms with Crippen molar-refractivity contribution in [1.82, 2.24) is 5.32 Å². The Morgan fingerprint density at radius 2 is 2.06 bits per heavy atom. The Hall–Kier alpha value is -0.280. The van der Waals surface area contributed by atoms with Gasteiger partial charge in [-0.05, 0) is 44.1 Å². The fourth-order valence-electron chi connectivity index (χ4n) is 2.99. The summed E-state index contributed by atoms with van der Waals surface area (Å²) in [6.45, 7) is 2.90. The molecule has 94 valence electrons. The van der Waals surface area contributed by atoms with Gasteiger partial charge in [-0.2, -0.15) is 0 Å². The molecule has 16 heavy (non-hydrogen) atoms. The summed E-state index contributed by atoms with van der Waals surface area (Å²) in [6.07, 6.45) is 5.66. The van der Waals surface area contributed by atoms with E-state index >= 15 is 0 Å². The monoisotopic (exact) mass is 246 g/mol. The molecule has 2 aliphatic rings. The van der Waals surface area contributed by atoms with E-state index in [-0.39, 0.29) is 24.2 Å². The van der Waals surface area contributed by atoms with Crippen molar-refractivity contribution in [3.8, 4) is 0 Å². The molecular weight excluding hydrogens is 224 g/mol. The summed E-state index contributed by atoms with van der Waals surface area (Å²) in [4.78, 5) is 12.0. The first-order valence-corrected chi connectivity index (χ1v) is 6.21. The first kappa shape index (κ1) is 13.8. The highest BCUT2D eigenvalue weighted by Crippen LogP contribution is 2.32. The highest BCUT2D eigenvalue weighted by Gasteiger charge is 2.34. The molecule has 2 atom stereocenters. The minimum Gasteiger partial charge on any atom is -0.353 e. The van der Waals surface area contributed by atoms with E-state index in [1.54, 1.807) is 0 Å².